The van der Waals surface area contributed by atoms with Crippen LogP contribution >= 0.6 is 22.9 Å². The van der Waals surface area contributed by atoms with Gasteiger partial charge in [0.25, 0.3) is 0 Å². The normalized spacial score (nSPS) is 11.1. The summed E-state index contributed by atoms with van der Waals surface area (Å²) in [5.41, 5.74) is 1.07. The minimum atomic E-state index is 0.437. The lowest BCUT2D eigenvalue weighted by atomic mass is 10.1. The van der Waals surface area contributed by atoms with E-state index in [0.717, 1.165) is 10.8 Å². The summed E-state index contributed by atoms with van der Waals surface area (Å²) in [5, 5.41) is 7.53. The topological polar surface area (TPSA) is 30.7 Å². The highest BCUT2D eigenvalue weighted by Gasteiger charge is 2.07. The Bertz CT molecular complexity index is 433. The number of hydrogen-bond donors (Lipinski definition) is 0. The van der Waals surface area contributed by atoms with Gasteiger partial charge in [0.2, 0.25) is 5.13 Å². The van der Waals surface area contributed by atoms with Gasteiger partial charge in [0.15, 0.2) is 0 Å². The SMILES string of the molecule is CC(C)c1ccn(-c2nc(Cl)cs2)n1. The third-order valence-electron chi connectivity index (χ3n) is 1.86. The van der Waals surface area contributed by atoms with E-state index in [0.29, 0.717) is 11.1 Å². The van der Waals surface area contributed by atoms with E-state index >= 15 is 0 Å². The molecule has 0 aliphatic rings. The van der Waals surface area contributed by atoms with Crippen LogP contribution in [0.25, 0.3) is 5.13 Å². The fourth-order valence-electron chi connectivity index (χ4n) is 1.10. The zero-order valence-corrected chi connectivity index (χ0v) is 9.51. The fraction of sp³-hybridized carbons (Fsp3) is 0.333. The van der Waals surface area contributed by atoms with E-state index < -0.39 is 0 Å². The summed E-state index contributed by atoms with van der Waals surface area (Å²) < 4.78 is 1.76. The maximum atomic E-state index is 5.74. The number of nitrogens with zero attached hydrogens (tertiary/aromatic N) is 3. The minimum Gasteiger partial charge on any atom is -0.213 e. The monoisotopic (exact) mass is 227 g/mol. The molecule has 0 bridgehead atoms. The lowest BCUT2D eigenvalue weighted by Gasteiger charge is -1.97. The van der Waals surface area contributed by atoms with Crippen LogP contribution in [0.15, 0.2) is 17.6 Å². The Balaban J connectivity index is 2.33. The lowest BCUT2D eigenvalue weighted by molar-refractivity contribution is 0.765. The summed E-state index contributed by atoms with van der Waals surface area (Å²) in [4.78, 5) is 4.14. The molecule has 0 saturated heterocycles. The van der Waals surface area contributed by atoms with Crippen LogP contribution < -0.4 is 0 Å². The van der Waals surface area contributed by atoms with Crippen LogP contribution in [0.3, 0.4) is 0 Å². The van der Waals surface area contributed by atoms with Crippen molar-refractivity contribution in [3.05, 3.63) is 28.5 Å². The molecule has 0 radical (unpaired) electrons. The Morgan fingerprint density at radius 1 is 1.50 bits per heavy atom. The molecule has 2 heterocycles. The molecule has 0 aliphatic carbocycles. The molecule has 0 aliphatic heterocycles. The van der Waals surface area contributed by atoms with Crippen molar-refractivity contribution in [2.75, 3.05) is 0 Å². The van der Waals surface area contributed by atoms with Crippen molar-refractivity contribution in [2.45, 2.75) is 19.8 Å². The van der Waals surface area contributed by atoms with Crippen LogP contribution in [0.5, 0.6) is 0 Å². The molecule has 14 heavy (non-hydrogen) atoms. The summed E-state index contributed by atoms with van der Waals surface area (Å²) in [5.74, 6) is 0.437. The molecule has 0 N–H and O–H groups in total. The van der Waals surface area contributed by atoms with Crippen LogP contribution in [-0.4, -0.2) is 14.8 Å². The van der Waals surface area contributed by atoms with E-state index in [1.807, 2.05) is 12.3 Å². The predicted molar refractivity (Wildman–Crippen MR) is 58.3 cm³/mol. The van der Waals surface area contributed by atoms with Gasteiger partial charge < -0.3 is 0 Å². The van der Waals surface area contributed by atoms with Gasteiger partial charge in [-0.3, -0.25) is 0 Å². The van der Waals surface area contributed by atoms with E-state index in [1.54, 1.807) is 10.1 Å². The number of rotatable bonds is 2. The molecule has 0 spiro atoms. The zero-order valence-electron chi connectivity index (χ0n) is 7.94. The molecule has 2 rings (SSSR count). The first-order valence-electron chi connectivity index (χ1n) is 4.34. The van der Waals surface area contributed by atoms with Crippen molar-refractivity contribution in [1.82, 2.24) is 14.8 Å². The molecule has 0 fully saturated rings. The zero-order chi connectivity index (χ0) is 10.1. The molecular weight excluding hydrogens is 218 g/mol. The lowest BCUT2D eigenvalue weighted by Crippen LogP contribution is -1.96. The van der Waals surface area contributed by atoms with Gasteiger partial charge in [0.05, 0.1) is 5.69 Å². The summed E-state index contributed by atoms with van der Waals surface area (Å²) in [6.45, 7) is 4.23. The Morgan fingerprint density at radius 3 is 2.79 bits per heavy atom. The fourth-order valence-corrected chi connectivity index (χ4v) is 1.98. The number of aromatic nitrogens is 3. The maximum Gasteiger partial charge on any atom is 0.211 e. The van der Waals surface area contributed by atoms with Crippen molar-refractivity contribution in [3.8, 4) is 5.13 Å². The molecule has 0 aromatic carbocycles. The van der Waals surface area contributed by atoms with Crippen molar-refractivity contribution < 1.29 is 0 Å². The standard InChI is InChI=1S/C9H10ClN3S/c1-6(2)7-3-4-13(12-7)9-11-8(10)5-14-9/h3-6H,1-2H3. The highest BCUT2D eigenvalue weighted by atomic mass is 35.5. The van der Waals surface area contributed by atoms with Crippen molar-refractivity contribution in [1.29, 1.82) is 0 Å². The molecular formula is C9H10ClN3S. The molecule has 3 nitrogen and oxygen atoms in total. The highest BCUT2D eigenvalue weighted by molar-refractivity contribution is 7.12. The second kappa shape index (κ2) is 3.71. The Labute approximate surface area is 91.4 Å². The Kier molecular flexibility index (Phi) is 2.56. The minimum absolute atomic E-state index is 0.437. The van der Waals surface area contributed by atoms with Gasteiger partial charge in [-0.25, -0.2) is 9.67 Å². The van der Waals surface area contributed by atoms with Crippen molar-refractivity contribution >= 4 is 22.9 Å². The van der Waals surface area contributed by atoms with Crippen LogP contribution in [0.1, 0.15) is 25.5 Å². The van der Waals surface area contributed by atoms with Crippen molar-refractivity contribution in [2.24, 2.45) is 0 Å². The van der Waals surface area contributed by atoms with E-state index in [-0.39, 0.29) is 0 Å². The second-order valence-corrected chi connectivity index (χ2v) is 4.52. The number of hydrogen-bond acceptors (Lipinski definition) is 3. The number of thiazole rings is 1. The Hall–Kier alpha value is -0.870. The number of halogens is 1. The van der Waals surface area contributed by atoms with Gasteiger partial charge in [-0.2, -0.15) is 5.10 Å². The van der Waals surface area contributed by atoms with Gasteiger partial charge in [0, 0.05) is 11.6 Å². The summed E-state index contributed by atoms with van der Waals surface area (Å²) >= 11 is 7.22. The van der Waals surface area contributed by atoms with Gasteiger partial charge in [-0.1, -0.05) is 25.4 Å². The smallest absolute Gasteiger partial charge is 0.211 e. The first-order valence-corrected chi connectivity index (χ1v) is 5.59. The molecule has 74 valence electrons. The molecule has 0 saturated carbocycles. The molecule has 2 aromatic rings. The van der Waals surface area contributed by atoms with Gasteiger partial charge in [0.1, 0.15) is 5.15 Å². The highest BCUT2D eigenvalue weighted by Crippen LogP contribution is 2.19. The maximum absolute atomic E-state index is 5.74. The molecule has 0 atom stereocenters. The van der Waals surface area contributed by atoms with Crippen LogP contribution in [0.4, 0.5) is 0 Å². The van der Waals surface area contributed by atoms with E-state index in [4.69, 9.17) is 11.6 Å². The largest absolute Gasteiger partial charge is 0.213 e. The average molecular weight is 228 g/mol. The molecule has 0 unspecified atom stereocenters. The Morgan fingerprint density at radius 2 is 2.29 bits per heavy atom. The van der Waals surface area contributed by atoms with Crippen LogP contribution in [-0.2, 0) is 0 Å². The van der Waals surface area contributed by atoms with Gasteiger partial charge >= 0.3 is 0 Å². The van der Waals surface area contributed by atoms with Crippen molar-refractivity contribution in [3.63, 3.8) is 0 Å². The first kappa shape index (κ1) is 9.68. The van der Waals surface area contributed by atoms with Crippen LogP contribution in [0, 0.1) is 0 Å². The first-order chi connectivity index (χ1) is 6.66. The van der Waals surface area contributed by atoms with Gasteiger partial charge in [-0.15, -0.1) is 11.3 Å². The third kappa shape index (κ3) is 1.81. The molecule has 2 aromatic heterocycles. The average Bonchev–Trinajstić information content (AvgIpc) is 2.70. The van der Waals surface area contributed by atoms with E-state index in [9.17, 15) is 0 Å². The molecule has 5 heteroatoms. The van der Waals surface area contributed by atoms with Crippen LogP contribution in [0.2, 0.25) is 5.15 Å². The molecule has 0 amide bonds. The van der Waals surface area contributed by atoms with E-state index in [1.165, 1.54) is 11.3 Å². The summed E-state index contributed by atoms with van der Waals surface area (Å²) in [7, 11) is 0. The third-order valence-corrected chi connectivity index (χ3v) is 3.01. The van der Waals surface area contributed by atoms with Gasteiger partial charge in [-0.05, 0) is 12.0 Å². The predicted octanol–water partition coefficient (Wildman–Crippen LogP) is 3.11. The second-order valence-electron chi connectivity index (χ2n) is 3.29. The van der Waals surface area contributed by atoms with E-state index in [2.05, 4.69) is 23.9 Å². The summed E-state index contributed by atoms with van der Waals surface area (Å²) in [6, 6.07) is 2.00. The quantitative estimate of drug-likeness (QED) is 0.789. The summed E-state index contributed by atoms with van der Waals surface area (Å²) in [6.07, 6.45) is 1.91.